The molecular formula is C6H14NO2. The maximum absolute atomic E-state index is 9.06. The lowest BCUT2D eigenvalue weighted by Gasteiger charge is -2.17. The van der Waals surface area contributed by atoms with Gasteiger partial charge >= 0.3 is 0 Å². The molecule has 0 aliphatic carbocycles. The summed E-state index contributed by atoms with van der Waals surface area (Å²) >= 11 is 0. The van der Waals surface area contributed by atoms with E-state index in [1.54, 1.807) is 20.8 Å². The summed E-state index contributed by atoms with van der Waals surface area (Å²) in [7, 11) is 0. The van der Waals surface area contributed by atoms with Gasteiger partial charge in [-0.3, -0.25) is 0 Å². The van der Waals surface area contributed by atoms with Gasteiger partial charge in [0, 0.05) is 6.54 Å². The maximum atomic E-state index is 9.06. The molecule has 0 aliphatic heterocycles. The first-order valence-electron chi connectivity index (χ1n) is 2.99. The highest BCUT2D eigenvalue weighted by Gasteiger charge is 2.12. The van der Waals surface area contributed by atoms with Crippen LogP contribution in [0.4, 0.5) is 0 Å². The molecule has 0 bridgehead atoms. The van der Waals surface area contributed by atoms with Crippen molar-refractivity contribution in [2.75, 3.05) is 6.54 Å². The average molecular weight is 132 g/mol. The molecular weight excluding hydrogens is 118 g/mol. The predicted octanol–water partition coefficient (Wildman–Crippen LogP) is -0.300. The van der Waals surface area contributed by atoms with Crippen LogP contribution in [-0.4, -0.2) is 28.6 Å². The molecule has 3 heteroatoms. The number of hydrogen-bond donors (Lipinski definition) is 2. The molecule has 0 aromatic heterocycles. The summed E-state index contributed by atoms with van der Waals surface area (Å²) in [5, 5.41) is 21.4. The Bertz CT molecular complexity index is 75.6. The predicted molar refractivity (Wildman–Crippen MR) is 35.0 cm³/mol. The second-order valence-electron chi connectivity index (χ2n) is 2.78. The third-order valence-electron chi connectivity index (χ3n) is 0.742. The molecule has 0 aromatic carbocycles. The smallest absolute Gasteiger partial charge is 0.117 e. The second-order valence-corrected chi connectivity index (χ2v) is 2.78. The molecule has 0 saturated carbocycles. The van der Waals surface area contributed by atoms with E-state index in [1.807, 2.05) is 0 Å². The van der Waals surface area contributed by atoms with Crippen LogP contribution in [0.15, 0.2) is 0 Å². The summed E-state index contributed by atoms with van der Waals surface area (Å²) in [5.41, 5.74) is -0.795. The van der Waals surface area contributed by atoms with E-state index in [0.717, 1.165) is 0 Å². The number of aliphatic hydroxyl groups excluding tert-OH is 1. The van der Waals surface area contributed by atoms with Gasteiger partial charge in [0.25, 0.3) is 0 Å². The van der Waals surface area contributed by atoms with Gasteiger partial charge in [0.2, 0.25) is 0 Å². The van der Waals surface area contributed by atoms with Crippen LogP contribution in [0.1, 0.15) is 20.8 Å². The number of nitrogens with zero attached hydrogens (tertiary/aromatic N) is 1. The first-order valence-corrected chi connectivity index (χ1v) is 2.99. The topological polar surface area (TPSA) is 54.6 Å². The van der Waals surface area contributed by atoms with E-state index in [4.69, 9.17) is 10.2 Å². The molecule has 3 nitrogen and oxygen atoms in total. The maximum Gasteiger partial charge on any atom is 0.117 e. The molecule has 0 heterocycles. The highest BCUT2D eigenvalue weighted by molar-refractivity contribution is 4.67. The van der Waals surface area contributed by atoms with E-state index in [-0.39, 0.29) is 6.54 Å². The lowest BCUT2D eigenvalue weighted by Crippen LogP contribution is -2.34. The largest absolute Gasteiger partial charge is 0.389 e. The fraction of sp³-hybridized carbons (Fsp3) is 1.00. The normalized spacial score (nSPS) is 15.7. The summed E-state index contributed by atoms with van der Waals surface area (Å²) < 4.78 is 0. The Morgan fingerprint density at radius 3 is 2.11 bits per heavy atom. The Hall–Kier alpha value is -0.120. The molecule has 1 atom stereocenters. The van der Waals surface area contributed by atoms with E-state index >= 15 is 0 Å². The molecule has 1 radical (unpaired) electrons. The van der Waals surface area contributed by atoms with Crippen molar-refractivity contribution in [2.45, 2.75) is 32.6 Å². The lowest BCUT2D eigenvalue weighted by molar-refractivity contribution is 0.0522. The minimum atomic E-state index is -0.795. The monoisotopic (exact) mass is 132 g/mol. The molecule has 1 unspecified atom stereocenters. The first-order chi connectivity index (χ1) is 3.92. The Kier molecular flexibility index (Phi) is 3.11. The highest BCUT2D eigenvalue weighted by atomic mass is 16.3. The SMILES string of the molecule is CC(O)[N]CC(C)(C)O. The number of aliphatic hydroxyl groups is 2. The first kappa shape index (κ1) is 8.88. The van der Waals surface area contributed by atoms with Crippen LogP contribution in [0, 0.1) is 0 Å². The van der Waals surface area contributed by atoms with Crippen molar-refractivity contribution < 1.29 is 10.2 Å². The highest BCUT2D eigenvalue weighted by Crippen LogP contribution is 1.98. The zero-order chi connectivity index (χ0) is 7.49. The Labute approximate surface area is 55.7 Å². The Morgan fingerprint density at radius 2 is 2.00 bits per heavy atom. The van der Waals surface area contributed by atoms with Crippen LogP contribution in [0.3, 0.4) is 0 Å². The Morgan fingerprint density at radius 1 is 1.56 bits per heavy atom. The molecule has 0 spiro atoms. The van der Waals surface area contributed by atoms with Gasteiger partial charge in [0.15, 0.2) is 0 Å². The third kappa shape index (κ3) is 7.88. The van der Waals surface area contributed by atoms with Crippen molar-refractivity contribution in [3.63, 3.8) is 0 Å². The number of rotatable bonds is 3. The molecule has 0 amide bonds. The van der Waals surface area contributed by atoms with Crippen molar-refractivity contribution in [3.05, 3.63) is 0 Å². The summed E-state index contributed by atoms with van der Waals surface area (Å²) in [5.74, 6) is 0. The van der Waals surface area contributed by atoms with Crippen molar-refractivity contribution in [1.29, 1.82) is 0 Å². The van der Waals surface area contributed by atoms with Gasteiger partial charge in [-0.25, -0.2) is 5.32 Å². The number of hydrogen-bond acceptors (Lipinski definition) is 2. The molecule has 55 valence electrons. The Balaban J connectivity index is 3.28. The van der Waals surface area contributed by atoms with Crippen LogP contribution < -0.4 is 5.32 Å². The van der Waals surface area contributed by atoms with Crippen molar-refractivity contribution >= 4 is 0 Å². The standard InChI is InChI=1S/C6H14NO2/c1-5(8)7-4-6(2,3)9/h5,8-9H,4H2,1-3H3. The quantitative estimate of drug-likeness (QED) is 0.554. The van der Waals surface area contributed by atoms with Gasteiger partial charge in [0.1, 0.15) is 6.23 Å². The summed E-state index contributed by atoms with van der Waals surface area (Å²) in [4.78, 5) is 0. The van der Waals surface area contributed by atoms with Crippen molar-refractivity contribution in [3.8, 4) is 0 Å². The van der Waals surface area contributed by atoms with Gasteiger partial charge in [0.05, 0.1) is 5.60 Å². The molecule has 0 saturated heterocycles. The van der Waals surface area contributed by atoms with Crippen LogP contribution >= 0.6 is 0 Å². The van der Waals surface area contributed by atoms with Crippen LogP contribution in [0.25, 0.3) is 0 Å². The van der Waals surface area contributed by atoms with E-state index in [2.05, 4.69) is 5.32 Å². The van der Waals surface area contributed by atoms with E-state index < -0.39 is 11.8 Å². The van der Waals surface area contributed by atoms with E-state index in [9.17, 15) is 0 Å². The van der Waals surface area contributed by atoms with Gasteiger partial charge in [-0.05, 0) is 20.8 Å². The van der Waals surface area contributed by atoms with E-state index in [0.29, 0.717) is 0 Å². The third-order valence-corrected chi connectivity index (χ3v) is 0.742. The van der Waals surface area contributed by atoms with Crippen LogP contribution in [0.2, 0.25) is 0 Å². The molecule has 0 fully saturated rings. The van der Waals surface area contributed by atoms with E-state index in [1.165, 1.54) is 0 Å². The van der Waals surface area contributed by atoms with Gasteiger partial charge in [-0.1, -0.05) is 0 Å². The minimum absolute atomic E-state index is 0.282. The van der Waals surface area contributed by atoms with Crippen molar-refractivity contribution in [2.24, 2.45) is 0 Å². The average Bonchev–Trinajstić information content (AvgIpc) is 1.59. The van der Waals surface area contributed by atoms with Gasteiger partial charge in [-0.15, -0.1) is 0 Å². The lowest BCUT2D eigenvalue weighted by atomic mass is 10.1. The van der Waals surface area contributed by atoms with Crippen LogP contribution in [0.5, 0.6) is 0 Å². The van der Waals surface area contributed by atoms with Crippen molar-refractivity contribution in [1.82, 2.24) is 5.32 Å². The minimum Gasteiger partial charge on any atom is -0.389 e. The second kappa shape index (κ2) is 3.15. The molecule has 0 aliphatic rings. The fourth-order valence-corrected chi connectivity index (χ4v) is 0.356. The zero-order valence-electron chi connectivity index (χ0n) is 6.13. The molecule has 0 aromatic rings. The fourth-order valence-electron chi connectivity index (χ4n) is 0.356. The summed E-state index contributed by atoms with van der Waals surface area (Å²) in [6, 6.07) is 0. The van der Waals surface area contributed by atoms with Crippen LogP contribution in [-0.2, 0) is 0 Å². The molecule has 2 N–H and O–H groups in total. The molecule has 9 heavy (non-hydrogen) atoms. The summed E-state index contributed by atoms with van der Waals surface area (Å²) in [6.07, 6.45) is -0.670. The summed E-state index contributed by atoms with van der Waals surface area (Å²) in [6.45, 7) is 5.15. The molecule has 0 rings (SSSR count). The van der Waals surface area contributed by atoms with Gasteiger partial charge in [-0.2, -0.15) is 0 Å². The zero-order valence-corrected chi connectivity index (χ0v) is 6.13. The van der Waals surface area contributed by atoms with Gasteiger partial charge < -0.3 is 10.2 Å².